The maximum Gasteiger partial charge on any atom is 0.320 e. The molecule has 0 aromatic carbocycles. The van der Waals surface area contributed by atoms with Gasteiger partial charge in [-0.15, -0.1) is 24.8 Å². The van der Waals surface area contributed by atoms with Gasteiger partial charge in [-0.2, -0.15) is 0 Å². The van der Waals surface area contributed by atoms with Gasteiger partial charge in [0.15, 0.2) is 0 Å². The third-order valence-electron chi connectivity index (χ3n) is 1.92. The SMILES string of the molecule is CCCCC(NCCCN)C(=O)O.Cl.Cl. The number of carboxylic acids is 1. The molecule has 94 valence electrons. The third-order valence-corrected chi connectivity index (χ3v) is 1.92. The number of halogens is 2. The van der Waals surface area contributed by atoms with E-state index in [0.717, 1.165) is 19.3 Å². The molecule has 0 radical (unpaired) electrons. The van der Waals surface area contributed by atoms with Crippen LogP contribution < -0.4 is 11.1 Å². The molecule has 0 saturated carbocycles. The number of hydrogen-bond acceptors (Lipinski definition) is 3. The predicted octanol–water partition coefficient (Wildman–Crippen LogP) is 1.41. The fraction of sp³-hybridized carbons (Fsp3) is 0.889. The number of unbranched alkanes of at least 4 members (excludes halogenated alkanes) is 1. The van der Waals surface area contributed by atoms with E-state index in [0.29, 0.717) is 19.5 Å². The van der Waals surface area contributed by atoms with Crippen molar-refractivity contribution in [3.05, 3.63) is 0 Å². The summed E-state index contributed by atoms with van der Waals surface area (Å²) in [5, 5.41) is 11.8. The summed E-state index contributed by atoms with van der Waals surface area (Å²) in [4.78, 5) is 10.7. The zero-order valence-electron chi connectivity index (χ0n) is 9.07. The molecule has 0 saturated heterocycles. The van der Waals surface area contributed by atoms with Crippen molar-refractivity contribution in [2.45, 2.75) is 38.6 Å². The zero-order chi connectivity index (χ0) is 10.1. The quantitative estimate of drug-likeness (QED) is 0.577. The molecule has 0 aromatic heterocycles. The van der Waals surface area contributed by atoms with E-state index in [9.17, 15) is 4.79 Å². The van der Waals surface area contributed by atoms with Gasteiger partial charge in [0.05, 0.1) is 0 Å². The average Bonchev–Trinajstić information content (AvgIpc) is 2.10. The molecule has 1 atom stereocenters. The van der Waals surface area contributed by atoms with Crippen LogP contribution in [0.3, 0.4) is 0 Å². The Morgan fingerprint density at radius 1 is 1.40 bits per heavy atom. The number of rotatable bonds is 8. The summed E-state index contributed by atoms with van der Waals surface area (Å²) in [5.41, 5.74) is 5.30. The van der Waals surface area contributed by atoms with Gasteiger partial charge in [0.2, 0.25) is 0 Å². The van der Waals surface area contributed by atoms with E-state index in [1.54, 1.807) is 0 Å². The molecule has 15 heavy (non-hydrogen) atoms. The van der Waals surface area contributed by atoms with Crippen LogP contribution in [-0.2, 0) is 4.79 Å². The highest BCUT2D eigenvalue weighted by Gasteiger charge is 2.14. The van der Waals surface area contributed by atoms with Gasteiger partial charge in [0, 0.05) is 0 Å². The minimum Gasteiger partial charge on any atom is -0.480 e. The van der Waals surface area contributed by atoms with Crippen molar-refractivity contribution in [3.63, 3.8) is 0 Å². The Morgan fingerprint density at radius 2 is 2.00 bits per heavy atom. The van der Waals surface area contributed by atoms with Crippen LogP contribution in [0.4, 0.5) is 0 Å². The first-order valence-corrected chi connectivity index (χ1v) is 4.88. The number of aliphatic carboxylic acids is 1. The Morgan fingerprint density at radius 3 is 2.40 bits per heavy atom. The van der Waals surface area contributed by atoms with Crippen molar-refractivity contribution in [1.29, 1.82) is 0 Å². The van der Waals surface area contributed by atoms with Crippen LogP contribution in [0.2, 0.25) is 0 Å². The average molecular weight is 261 g/mol. The van der Waals surface area contributed by atoms with Crippen molar-refractivity contribution in [2.24, 2.45) is 5.73 Å². The van der Waals surface area contributed by atoms with Crippen molar-refractivity contribution in [2.75, 3.05) is 13.1 Å². The van der Waals surface area contributed by atoms with E-state index < -0.39 is 12.0 Å². The molecule has 0 aliphatic heterocycles. The Kier molecular flexibility index (Phi) is 19.0. The summed E-state index contributed by atoms with van der Waals surface area (Å²) >= 11 is 0. The van der Waals surface area contributed by atoms with Gasteiger partial charge < -0.3 is 16.2 Å². The van der Waals surface area contributed by atoms with Crippen LogP contribution in [0.25, 0.3) is 0 Å². The predicted molar refractivity (Wildman–Crippen MR) is 67.1 cm³/mol. The van der Waals surface area contributed by atoms with Gasteiger partial charge >= 0.3 is 5.97 Å². The number of carboxylic acid groups (broad SMARTS) is 1. The zero-order valence-corrected chi connectivity index (χ0v) is 10.7. The van der Waals surface area contributed by atoms with E-state index in [2.05, 4.69) is 12.2 Å². The number of nitrogens with one attached hydrogen (secondary N) is 1. The number of nitrogens with two attached hydrogens (primary N) is 1. The monoisotopic (exact) mass is 260 g/mol. The molecule has 0 fully saturated rings. The lowest BCUT2D eigenvalue weighted by molar-refractivity contribution is -0.139. The molecule has 0 rings (SSSR count). The first kappa shape index (κ1) is 20.4. The summed E-state index contributed by atoms with van der Waals surface area (Å²) in [6, 6.07) is -0.397. The molecule has 0 aliphatic carbocycles. The minimum absolute atomic E-state index is 0. The highest BCUT2D eigenvalue weighted by molar-refractivity contribution is 5.85. The van der Waals surface area contributed by atoms with Crippen LogP contribution in [-0.4, -0.2) is 30.2 Å². The molecular weight excluding hydrogens is 239 g/mol. The van der Waals surface area contributed by atoms with Crippen LogP contribution in [0.1, 0.15) is 32.6 Å². The molecule has 6 heteroatoms. The molecule has 0 aliphatic rings. The molecule has 4 N–H and O–H groups in total. The molecule has 0 bridgehead atoms. The normalized spacial score (nSPS) is 11.1. The Labute approximate surface area is 104 Å². The first-order valence-electron chi connectivity index (χ1n) is 4.88. The van der Waals surface area contributed by atoms with E-state index >= 15 is 0 Å². The lowest BCUT2D eigenvalue weighted by Gasteiger charge is -2.13. The van der Waals surface area contributed by atoms with Crippen LogP contribution >= 0.6 is 24.8 Å². The van der Waals surface area contributed by atoms with Crippen molar-refractivity contribution < 1.29 is 9.90 Å². The van der Waals surface area contributed by atoms with Gasteiger partial charge in [-0.25, -0.2) is 0 Å². The summed E-state index contributed by atoms with van der Waals surface area (Å²) in [5.74, 6) is -0.759. The van der Waals surface area contributed by atoms with Crippen molar-refractivity contribution >= 4 is 30.8 Å². The first-order chi connectivity index (χ1) is 6.22. The van der Waals surface area contributed by atoms with Crippen molar-refractivity contribution in [3.8, 4) is 0 Å². The van der Waals surface area contributed by atoms with E-state index in [4.69, 9.17) is 10.8 Å². The largest absolute Gasteiger partial charge is 0.480 e. The molecule has 0 aromatic rings. The van der Waals surface area contributed by atoms with Gasteiger partial charge in [-0.3, -0.25) is 4.79 Å². The minimum atomic E-state index is -0.759. The molecular formula is C9H22Cl2N2O2. The molecule has 0 spiro atoms. The second-order valence-electron chi connectivity index (χ2n) is 3.13. The summed E-state index contributed by atoms with van der Waals surface area (Å²) in [6.45, 7) is 3.35. The number of hydrogen-bond donors (Lipinski definition) is 3. The van der Waals surface area contributed by atoms with Gasteiger partial charge in [-0.05, 0) is 25.9 Å². The lowest BCUT2D eigenvalue weighted by Crippen LogP contribution is -2.37. The molecule has 1 unspecified atom stereocenters. The fourth-order valence-electron chi connectivity index (χ4n) is 1.10. The molecule has 0 heterocycles. The Hall–Kier alpha value is -0.0300. The van der Waals surface area contributed by atoms with Crippen LogP contribution in [0, 0.1) is 0 Å². The summed E-state index contributed by atoms with van der Waals surface area (Å²) < 4.78 is 0. The lowest BCUT2D eigenvalue weighted by atomic mass is 10.1. The molecule has 4 nitrogen and oxygen atoms in total. The maximum absolute atomic E-state index is 10.7. The second kappa shape index (κ2) is 14.0. The van der Waals surface area contributed by atoms with Crippen molar-refractivity contribution in [1.82, 2.24) is 5.32 Å². The smallest absolute Gasteiger partial charge is 0.320 e. The highest BCUT2D eigenvalue weighted by atomic mass is 35.5. The van der Waals surface area contributed by atoms with Crippen LogP contribution in [0.5, 0.6) is 0 Å². The second-order valence-corrected chi connectivity index (χ2v) is 3.13. The van der Waals surface area contributed by atoms with E-state index in [1.165, 1.54) is 0 Å². The highest BCUT2D eigenvalue weighted by Crippen LogP contribution is 2.00. The number of carbonyl (C=O) groups is 1. The molecule has 0 amide bonds. The standard InChI is InChI=1S/C9H20N2O2.2ClH/c1-2-3-5-8(9(12)13)11-7-4-6-10;;/h8,11H,2-7,10H2,1H3,(H,12,13);2*1H. The van der Waals surface area contributed by atoms with Gasteiger partial charge in [0.1, 0.15) is 6.04 Å². The summed E-state index contributed by atoms with van der Waals surface area (Å²) in [7, 11) is 0. The fourth-order valence-corrected chi connectivity index (χ4v) is 1.10. The van der Waals surface area contributed by atoms with Crippen LogP contribution in [0.15, 0.2) is 0 Å². The Bertz CT molecular complexity index is 148. The van der Waals surface area contributed by atoms with Gasteiger partial charge in [-0.1, -0.05) is 19.8 Å². The van der Waals surface area contributed by atoms with E-state index in [1.807, 2.05) is 0 Å². The third kappa shape index (κ3) is 11.9. The Balaban J connectivity index is -0.000000720. The summed E-state index contributed by atoms with van der Waals surface area (Å²) in [6.07, 6.45) is 3.52. The maximum atomic E-state index is 10.7. The van der Waals surface area contributed by atoms with Gasteiger partial charge in [0.25, 0.3) is 0 Å². The topological polar surface area (TPSA) is 75.3 Å². The van der Waals surface area contributed by atoms with E-state index in [-0.39, 0.29) is 24.8 Å².